The normalized spacial score (nSPS) is 16.6. The van der Waals surface area contributed by atoms with Crippen LogP contribution >= 0.6 is 11.8 Å². The van der Waals surface area contributed by atoms with E-state index in [1.54, 1.807) is 12.0 Å². The van der Waals surface area contributed by atoms with Crippen molar-refractivity contribution in [1.82, 2.24) is 14.8 Å². The number of para-hydroxylation sites is 2. The molecule has 248 valence electrons. The van der Waals surface area contributed by atoms with Crippen LogP contribution in [-0.4, -0.2) is 58.5 Å². The smallest absolute Gasteiger partial charge is 0.266 e. The molecule has 0 radical (unpaired) electrons. The van der Waals surface area contributed by atoms with Crippen LogP contribution in [0.1, 0.15) is 46.3 Å². The minimum absolute atomic E-state index is 0.0824. The van der Waals surface area contributed by atoms with Crippen LogP contribution < -0.4 is 9.47 Å². The van der Waals surface area contributed by atoms with Gasteiger partial charge in [0.2, 0.25) is 0 Å². The largest absolute Gasteiger partial charge is 0.493 e. The lowest BCUT2D eigenvalue weighted by Gasteiger charge is -2.26. The Kier molecular flexibility index (Phi) is 9.79. The average molecular weight is 671 g/mol. The number of carbonyl (C=O) groups excluding carboxylic acids is 2. The van der Waals surface area contributed by atoms with Crippen molar-refractivity contribution < 1.29 is 19.1 Å². The number of nitrogens with zero attached hydrogens (tertiary/aromatic N) is 3. The molecule has 0 atom stereocenters. The molecule has 2 amide bonds. The van der Waals surface area contributed by atoms with Crippen molar-refractivity contribution >= 4 is 51.4 Å². The maximum absolute atomic E-state index is 13.8. The Hall–Kier alpha value is -5.28. The molecule has 2 fully saturated rings. The third kappa shape index (κ3) is 7.42. The minimum atomic E-state index is -0.0824. The molecule has 0 spiro atoms. The Balaban J connectivity index is 1.05. The van der Waals surface area contributed by atoms with Crippen LogP contribution in [-0.2, 0) is 17.8 Å². The zero-order valence-corrected chi connectivity index (χ0v) is 28.2. The standard InChI is InChI=1S/C40H38N4O4S/c1-47-36-24-29(16-19-35(36)48-27-28-14-17-30(18-15-28)38(45)43-21-8-3-9-22-43)25-37-39(46)44(40(49-37)42-32-10-4-2-5-11-32)23-20-31-26-41-34-13-7-6-12-33(31)34/h2,4-7,10-19,24-26,41H,3,8-9,20-23,27H2,1H3/b37-25-,42-40?. The predicted octanol–water partition coefficient (Wildman–Crippen LogP) is 8.23. The molecule has 0 saturated carbocycles. The van der Waals surface area contributed by atoms with Gasteiger partial charge in [-0.25, -0.2) is 4.99 Å². The van der Waals surface area contributed by atoms with Crippen LogP contribution in [0.2, 0.25) is 0 Å². The van der Waals surface area contributed by atoms with Gasteiger partial charge in [-0.15, -0.1) is 0 Å². The van der Waals surface area contributed by atoms with E-state index in [0.29, 0.717) is 46.7 Å². The molecule has 9 heteroatoms. The number of hydrogen-bond acceptors (Lipinski definition) is 6. The molecule has 1 aromatic heterocycles. The van der Waals surface area contributed by atoms with Gasteiger partial charge in [0.1, 0.15) is 6.61 Å². The van der Waals surface area contributed by atoms with E-state index in [0.717, 1.165) is 59.2 Å². The van der Waals surface area contributed by atoms with E-state index in [4.69, 9.17) is 14.5 Å². The summed E-state index contributed by atoms with van der Waals surface area (Å²) in [6.07, 6.45) is 7.91. The van der Waals surface area contributed by atoms with Crippen LogP contribution in [0, 0.1) is 0 Å². The highest BCUT2D eigenvalue weighted by atomic mass is 32.2. The molecule has 0 unspecified atom stereocenters. The second-order valence-corrected chi connectivity index (χ2v) is 13.2. The van der Waals surface area contributed by atoms with Crippen LogP contribution in [0.3, 0.4) is 0 Å². The number of aromatic amines is 1. The molecule has 7 rings (SSSR count). The lowest BCUT2D eigenvalue weighted by Crippen LogP contribution is -2.35. The third-order valence-electron chi connectivity index (χ3n) is 8.87. The van der Waals surface area contributed by atoms with Gasteiger partial charge in [0.15, 0.2) is 16.7 Å². The summed E-state index contributed by atoms with van der Waals surface area (Å²) in [6, 6.07) is 31.2. The van der Waals surface area contributed by atoms with Gasteiger partial charge in [0.05, 0.1) is 17.7 Å². The first-order valence-electron chi connectivity index (χ1n) is 16.6. The summed E-state index contributed by atoms with van der Waals surface area (Å²) >= 11 is 1.38. The number of ether oxygens (including phenoxy) is 2. The zero-order valence-electron chi connectivity index (χ0n) is 27.4. The lowest BCUT2D eigenvalue weighted by atomic mass is 10.1. The van der Waals surface area contributed by atoms with Crippen LogP contribution in [0.5, 0.6) is 11.5 Å². The highest BCUT2D eigenvalue weighted by Crippen LogP contribution is 2.36. The van der Waals surface area contributed by atoms with Gasteiger partial charge in [-0.05, 0) is 103 Å². The number of rotatable bonds is 10. The molecule has 2 aliphatic heterocycles. The monoisotopic (exact) mass is 670 g/mol. The number of benzene rings is 4. The molecule has 4 aromatic carbocycles. The molecule has 49 heavy (non-hydrogen) atoms. The number of amidine groups is 1. The second kappa shape index (κ2) is 14.9. The highest BCUT2D eigenvalue weighted by Gasteiger charge is 2.33. The van der Waals surface area contributed by atoms with Gasteiger partial charge < -0.3 is 19.4 Å². The summed E-state index contributed by atoms with van der Waals surface area (Å²) in [6.45, 7) is 2.49. The topological polar surface area (TPSA) is 87.2 Å². The molecular weight excluding hydrogens is 633 g/mol. The number of hydrogen-bond donors (Lipinski definition) is 1. The molecule has 2 aliphatic rings. The lowest BCUT2D eigenvalue weighted by molar-refractivity contribution is -0.122. The number of aliphatic imine (C=N–C) groups is 1. The van der Waals surface area contributed by atoms with Gasteiger partial charge >= 0.3 is 0 Å². The first-order chi connectivity index (χ1) is 24.1. The molecule has 2 saturated heterocycles. The molecular formula is C40H38N4O4S. The minimum Gasteiger partial charge on any atom is -0.493 e. The predicted molar refractivity (Wildman–Crippen MR) is 196 cm³/mol. The SMILES string of the molecule is COc1cc(/C=C2\SC(=Nc3ccccc3)N(CCc3c[nH]c4ccccc34)C2=O)ccc1OCc1ccc(C(=O)N2CCCCC2)cc1. The summed E-state index contributed by atoms with van der Waals surface area (Å²) in [5.41, 5.74) is 5.51. The first-order valence-corrected chi connectivity index (χ1v) is 17.5. The molecule has 0 bridgehead atoms. The molecule has 3 heterocycles. The van der Waals surface area contributed by atoms with Crippen molar-refractivity contribution in [1.29, 1.82) is 0 Å². The Labute approximate surface area is 290 Å². The average Bonchev–Trinajstić information content (AvgIpc) is 3.70. The Morgan fingerprint density at radius 2 is 1.69 bits per heavy atom. The summed E-state index contributed by atoms with van der Waals surface area (Å²) in [5.74, 6) is 1.17. The van der Waals surface area contributed by atoms with E-state index in [9.17, 15) is 9.59 Å². The Morgan fingerprint density at radius 1 is 0.918 bits per heavy atom. The number of piperidine rings is 1. The fraction of sp³-hybridized carbons (Fsp3) is 0.225. The van der Waals surface area contributed by atoms with E-state index < -0.39 is 0 Å². The van der Waals surface area contributed by atoms with E-state index in [2.05, 4.69) is 17.1 Å². The molecule has 1 N–H and O–H groups in total. The van der Waals surface area contributed by atoms with Crippen LogP contribution in [0.25, 0.3) is 17.0 Å². The zero-order chi connectivity index (χ0) is 33.6. The number of H-pyrrole nitrogens is 1. The molecule has 0 aliphatic carbocycles. The Bertz CT molecular complexity index is 2010. The van der Waals surface area contributed by atoms with E-state index in [1.807, 2.05) is 102 Å². The van der Waals surface area contributed by atoms with Crippen molar-refractivity contribution in [3.8, 4) is 11.5 Å². The van der Waals surface area contributed by atoms with Crippen molar-refractivity contribution in [3.05, 3.63) is 130 Å². The van der Waals surface area contributed by atoms with Gasteiger partial charge in [-0.2, -0.15) is 0 Å². The molecule has 8 nitrogen and oxygen atoms in total. The van der Waals surface area contributed by atoms with Crippen molar-refractivity contribution in [2.24, 2.45) is 4.99 Å². The number of likely N-dealkylation sites (tertiary alicyclic amines) is 1. The van der Waals surface area contributed by atoms with Crippen molar-refractivity contribution in [2.75, 3.05) is 26.7 Å². The van der Waals surface area contributed by atoms with E-state index in [-0.39, 0.29) is 11.8 Å². The van der Waals surface area contributed by atoms with Gasteiger partial charge in [-0.3, -0.25) is 14.5 Å². The third-order valence-corrected chi connectivity index (χ3v) is 9.88. The molecule has 5 aromatic rings. The summed E-state index contributed by atoms with van der Waals surface area (Å²) < 4.78 is 11.8. The van der Waals surface area contributed by atoms with Gasteiger partial charge in [-0.1, -0.05) is 54.6 Å². The fourth-order valence-electron chi connectivity index (χ4n) is 6.20. The number of thioether (sulfide) groups is 1. The second-order valence-electron chi connectivity index (χ2n) is 12.2. The van der Waals surface area contributed by atoms with Crippen molar-refractivity contribution in [3.63, 3.8) is 0 Å². The number of methoxy groups -OCH3 is 1. The number of fused-ring (bicyclic) bond motifs is 1. The fourth-order valence-corrected chi connectivity index (χ4v) is 7.23. The van der Waals surface area contributed by atoms with Gasteiger partial charge in [0.25, 0.3) is 11.8 Å². The van der Waals surface area contributed by atoms with Crippen LogP contribution in [0.15, 0.2) is 113 Å². The van der Waals surface area contributed by atoms with E-state index >= 15 is 0 Å². The van der Waals surface area contributed by atoms with Gasteiger partial charge in [0, 0.05) is 42.3 Å². The Morgan fingerprint density at radius 3 is 2.49 bits per heavy atom. The maximum atomic E-state index is 13.8. The number of amides is 2. The number of aromatic nitrogens is 1. The summed E-state index contributed by atoms with van der Waals surface area (Å²) in [7, 11) is 1.60. The highest BCUT2D eigenvalue weighted by molar-refractivity contribution is 8.18. The summed E-state index contributed by atoms with van der Waals surface area (Å²) in [5, 5.41) is 1.81. The number of nitrogens with one attached hydrogen (secondary N) is 1. The summed E-state index contributed by atoms with van der Waals surface area (Å²) in [4.78, 5) is 39.2. The van der Waals surface area contributed by atoms with Crippen LogP contribution in [0.4, 0.5) is 5.69 Å². The first kappa shape index (κ1) is 32.3. The van der Waals surface area contributed by atoms with Crippen molar-refractivity contribution in [2.45, 2.75) is 32.3 Å². The number of carbonyl (C=O) groups is 2. The quantitative estimate of drug-likeness (QED) is 0.151. The van der Waals surface area contributed by atoms with E-state index in [1.165, 1.54) is 18.2 Å². The maximum Gasteiger partial charge on any atom is 0.266 e.